The molecule has 0 aliphatic rings. The maximum atomic E-state index is 12.3. The van der Waals surface area contributed by atoms with Crippen molar-refractivity contribution in [1.29, 1.82) is 0 Å². The number of benzene rings is 1. The van der Waals surface area contributed by atoms with Crippen LogP contribution < -0.4 is 10.0 Å². The Morgan fingerprint density at radius 3 is 2.48 bits per heavy atom. The van der Waals surface area contributed by atoms with Gasteiger partial charge in [0.15, 0.2) is 0 Å². The third-order valence-corrected chi connectivity index (χ3v) is 7.92. The van der Waals surface area contributed by atoms with Gasteiger partial charge in [0.25, 0.3) is 10.0 Å². The van der Waals surface area contributed by atoms with E-state index in [-0.39, 0.29) is 16.5 Å². The molecule has 31 heavy (non-hydrogen) atoms. The molecule has 1 aromatic carbocycles. The van der Waals surface area contributed by atoms with E-state index in [9.17, 15) is 13.2 Å². The Kier molecular flexibility index (Phi) is 6.40. The quantitative estimate of drug-likeness (QED) is 0.406. The molecule has 3 heterocycles. The monoisotopic (exact) mass is 470 g/mol. The van der Waals surface area contributed by atoms with Crippen LogP contribution in [0, 0.1) is 0 Å². The minimum Gasteiger partial charge on any atom is -0.349 e. The molecule has 0 aliphatic heterocycles. The van der Waals surface area contributed by atoms with Gasteiger partial charge in [-0.05, 0) is 41.3 Å². The minimum atomic E-state index is -3.58. The average molecular weight is 471 g/mol. The van der Waals surface area contributed by atoms with E-state index in [1.165, 1.54) is 11.3 Å². The largest absolute Gasteiger partial charge is 0.349 e. The Bertz CT molecular complexity index is 1250. The van der Waals surface area contributed by atoms with Gasteiger partial charge in [-0.25, -0.2) is 13.4 Å². The molecule has 0 bridgehead atoms. The highest BCUT2D eigenvalue weighted by atomic mass is 32.2. The molecule has 0 fully saturated rings. The zero-order chi connectivity index (χ0) is 21.7. The first-order valence-electron chi connectivity index (χ1n) is 9.26. The molecular formula is C21H18N4O3S3. The van der Waals surface area contributed by atoms with Crippen molar-refractivity contribution in [2.24, 2.45) is 0 Å². The maximum Gasteiger partial charge on any atom is 0.271 e. The van der Waals surface area contributed by atoms with Crippen molar-refractivity contribution >= 4 is 44.3 Å². The Balaban J connectivity index is 1.30. The van der Waals surface area contributed by atoms with E-state index in [0.29, 0.717) is 12.2 Å². The van der Waals surface area contributed by atoms with Crippen LogP contribution in [-0.4, -0.2) is 24.3 Å². The summed E-state index contributed by atoms with van der Waals surface area (Å²) in [7, 11) is -3.58. The fourth-order valence-electron chi connectivity index (χ4n) is 2.78. The first-order chi connectivity index (χ1) is 15.0. The number of sulfonamides is 1. The number of rotatable bonds is 8. The highest BCUT2D eigenvalue weighted by molar-refractivity contribution is 7.94. The summed E-state index contributed by atoms with van der Waals surface area (Å²) in [6.07, 6.45) is 3.63. The summed E-state index contributed by atoms with van der Waals surface area (Å²) in [5.74, 6) is -0.132. The Labute approximate surface area is 187 Å². The number of anilines is 1. The second-order valence-electron chi connectivity index (χ2n) is 6.55. The molecule has 0 aliphatic carbocycles. The summed E-state index contributed by atoms with van der Waals surface area (Å²) in [5.41, 5.74) is 3.08. The van der Waals surface area contributed by atoms with Crippen LogP contribution in [0.4, 0.5) is 5.69 Å². The summed E-state index contributed by atoms with van der Waals surface area (Å²) in [5, 5.41) is 7.35. The number of nitrogens with zero attached hydrogens (tertiary/aromatic N) is 2. The topological polar surface area (TPSA) is 101 Å². The van der Waals surface area contributed by atoms with Crippen molar-refractivity contribution in [1.82, 2.24) is 15.3 Å². The van der Waals surface area contributed by atoms with Gasteiger partial charge in [-0.3, -0.25) is 14.5 Å². The van der Waals surface area contributed by atoms with Gasteiger partial charge in [0.2, 0.25) is 5.91 Å². The van der Waals surface area contributed by atoms with Crippen LogP contribution in [0.2, 0.25) is 0 Å². The maximum absolute atomic E-state index is 12.3. The smallest absolute Gasteiger partial charge is 0.271 e. The van der Waals surface area contributed by atoms with Crippen LogP contribution in [0.5, 0.6) is 0 Å². The van der Waals surface area contributed by atoms with Gasteiger partial charge >= 0.3 is 0 Å². The van der Waals surface area contributed by atoms with Crippen molar-refractivity contribution in [3.8, 4) is 11.3 Å². The molecule has 3 aromatic heterocycles. The van der Waals surface area contributed by atoms with Gasteiger partial charge in [-0.1, -0.05) is 18.2 Å². The molecule has 4 rings (SSSR count). The van der Waals surface area contributed by atoms with Crippen LogP contribution in [0.1, 0.15) is 10.6 Å². The number of carbonyl (C=O) groups is 1. The van der Waals surface area contributed by atoms with Crippen molar-refractivity contribution in [3.05, 3.63) is 82.3 Å². The Morgan fingerprint density at radius 2 is 1.77 bits per heavy atom. The van der Waals surface area contributed by atoms with Gasteiger partial charge in [-0.15, -0.1) is 22.7 Å². The number of amides is 1. The number of pyridine rings is 1. The predicted molar refractivity (Wildman–Crippen MR) is 122 cm³/mol. The number of hydrogen-bond donors (Lipinski definition) is 2. The lowest BCUT2D eigenvalue weighted by atomic mass is 10.1. The van der Waals surface area contributed by atoms with E-state index in [0.717, 1.165) is 33.2 Å². The summed E-state index contributed by atoms with van der Waals surface area (Å²) in [4.78, 5) is 20.8. The van der Waals surface area contributed by atoms with Crippen LogP contribution in [-0.2, 0) is 27.8 Å². The zero-order valence-electron chi connectivity index (χ0n) is 16.2. The second-order valence-corrected chi connectivity index (χ2v) is 10.3. The molecule has 4 aromatic rings. The summed E-state index contributed by atoms with van der Waals surface area (Å²) < 4.78 is 27.3. The fourth-order valence-corrected chi connectivity index (χ4v) is 5.58. The minimum absolute atomic E-state index is 0.132. The zero-order valence-corrected chi connectivity index (χ0v) is 18.6. The van der Waals surface area contributed by atoms with Crippen molar-refractivity contribution in [3.63, 3.8) is 0 Å². The Hall–Kier alpha value is -3.08. The molecule has 0 atom stereocenters. The fraction of sp³-hybridized carbons (Fsp3) is 0.0952. The molecule has 0 spiro atoms. The normalized spacial score (nSPS) is 11.2. The van der Waals surface area contributed by atoms with Gasteiger partial charge in [-0.2, -0.15) is 0 Å². The first kappa shape index (κ1) is 21.2. The number of hydrogen-bond acceptors (Lipinski definition) is 7. The summed E-state index contributed by atoms with van der Waals surface area (Å²) >= 11 is 2.64. The van der Waals surface area contributed by atoms with Crippen molar-refractivity contribution < 1.29 is 13.2 Å². The SMILES string of the molecule is O=C(Cc1ccc(NS(=O)(=O)c2cccs2)cc1)NCc1nc(-c2ccncc2)cs1. The van der Waals surface area contributed by atoms with E-state index in [1.807, 2.05) is 17.5 Å². The van der Waals surface area contributed by atoms with Gasteiger partial charge < -0.3 is 5.32 Å². The number of aromatic nitrogens is 2. The average Bonchev–Trinajstić information content (AvgIpc) is 3.47. The third kappa shape index (κ3) is 5.54. The molecule has 7 nitrogen and oxygen atoms in total. The van der Waals surface area contributed by atoms with Crippen molar-refractivity contribution in [2.75, 3.05) is 4.72 Å². The number of nitrogens with one attached hydrogen (secondary N) is 2. The summed E-state index contributed by atoms with van der Waals surface area (Å²) in [6, 6.07) is 13.8. The molecule has 0 unspecified atom stereocenters. The molecule has 158 valence electrons. The van der Waals surface area contributed by atoms with E-state index in [2.05, 4.69) is 20.0 Å². The third-order valence-electron chi connectivity index (χ3n) is 4.30. The van der Waals surface area contributed by atoms with Crippen LogP contribution >= 0.6 is 22.7 Å². The molecule has 0 saturated heterocycles. The molecular weight excluding hydrogens is 452 g/mol. The Morgan fingerprint density at radius 1 is 1.00 bits per heavy atom. The molecule has 0 radical (unpaired) electrons. The van der Waals surface area contributed by atoms with Gasteiger partial charge in [0, 0.05) is 29.0 Å². The predicted octanol–water partition coefficient (Wildman–Crippen LogP) is 3.93. The van der Waals surface area contributed by atoms with E-state index in [1.54, 1.807) is 54.2 Å². The van der Waals surface area contributed by atoms with E-state index in [4.69, 9.17) is 0 Å². The highest BCUT2D eigenvalue weighted by Gasteiger charge is 2.15. The second kappa shape index (κ2) is 9.38. The van der Waals surface area contributed by atoms with Gasteiger partial charge in [0.05, 0.1) is 18.7 Å². The van der Waals surface area contributed by atoms with E-state index >= 15 is 0 Å². The standard InChI is InChI=1S/C21H18N4O3S3/c26-19(23-13-20-24-18(14-30-20)16-7-9-22-10-8-16)12-15-3-5-17(6-4-15)25-31(27,28)21-2-1-11-29-21/h1-11,14,25H,12-13H2,(H,23,26). The molecule has 0 saturated carbocycles. The lowest BCUT2D eigenvalue weighted by Gasteiger charge is -2.08. The van der Waals surface area contributed by atoms with Crippen molar-refractivity contribution in [2.45, 2.75) is 17.2 Å². The number of thiazole rings is 1. The molecule has 2 N–H and O–H groups in total. The van der Waals surface area contributed by atoms with E-state index < -0.39 is 10.0 Å². The molecule has 1 amide bonds. The lowest BCUT2D eigenvalue weighted by Crippen LogP contribution is -2.24. The lowest BCUT2D eigenvalue weighted by molar-refractivity contribution is -0.120. The molecule has 10 heteroatoms. The number of carbonyl (C=O) groups excluding carboxylic acids is 1. The summed E-state index contributed by atoms with van der Waals surface area (Å²) in [6.45, 7) is 0.354. The van der Waals surface area contributed by atoms with Crippen LogP contribution in [0.15, 0.2) is 75.9 Å². The van der Waals surface area contributed by atoms with Crippen LogP contribution in [0.25, 0.3) is 11.3 Å². The highest BCUT2D eigenvalue weighted by Crippen LogP contribution is 2.22. The first-order valence-corrected chi connectivity index (χ1v) is 12.5. The number of thiophene rings is 1. The van der Waals surface area contributed by atoms with Gasteiger partial charge in [0.1, 0.15) is 9.22 Å². The van der Waals surface area contributed by atoms with Crippen LogP contribution in [0.3, 0.4) is 0 Å².